The molecule has 0 saturated carbocycles. The van der Waals surface area contributed by atoms with E-state index in [1.165, 1.54) is 0 Å². The van der Waals surface area contributed by atoms with Crippen molar-refractivity contribution in [2.75, 3.05) is 13.1 Å². The van der Waals surface area contributed by atoms with Gasteiger partial charge in [0, 0.05) is 45.4 Å². The lowest BCUT2D eigenvalue weighted by atomic mass is 9.92. The largest absolute Gasteiger partial charge is 0.342 e. The van der Waals surface area contributed by atoms with Crippen LogP contribution in [-0.4, -0.2) is 43.4 Å². The van der Waals surface area contributed by atoms with E-state index in [-0.39, 0.29) is 11.8 Å². The van der Waals surface area contributed by atoms with Crippen molar-refractivity contribution in [2.45, 2.75) is 32.6 Å². The SMILES string of the molecule is CC(=O)N1CCCC(c2nccnc2-c2cnc(C)n2C)C1. The maximum absolute atomic E-state index is 11.7. The van der Waals surface area contributed by atoms with Gasteiger partial charge in [0.1, 0.15) is 11.5 Å². The molecule has 1 unspecified atom stereocenters. The molecular formula is C16H21N5O. The molecule has 1 aliphatic rings. The van der Waals surface area contributed by atoms with Crippen LogP contribution < -0.4 is 0 Å². The van der Waals surface area contributed by atoms with Gasteiger partial charge in [0.2, 0.25) is 5.91 Å². The normalized spacial score (nSPS) is 18.5. The highest BCUT2D eigenvalue weighted by Gasteiger charge is 2.27. The Morgan fingerprint density at radius 3 is 2.73 bits per heavy atom. The third kappa shape index (κ3) is 2.61. The Labute approximate surface area is 130 Å². The first-order valence-electron chi connectivity index (χ1n) is 7.63. The maximum atomic E-state index is 11.7. The predicted molar refractivity (Wildman–Crippen MR) is 83.2 cm³/mol. The highest BCUT2D eigenvalue weighted by molar-refractivity contribution is 5.73. The van der Waals surface area contributed by atoms with Gasteiger partial charge in [0.25, 0.3) is 0 Å². The van der Waals surface area contributed by atoms with E-state index in [9.17, 15) is 4.79 Å². The average molecular weight is 299 g/mol. The summed E-state index contributed by atoms with van der Waals surface area (Å²) in [5, 5.41) is 0. The number of imidazole rings is 1. The van der Waals surface area contributed by atoms with E-state index in [2.05, 4.69) is 15.0 Å². The van der Waals surface area contributed by atoms with E-state index >= 15 is 0 Å². The van der Waals surface area contributed by atoms with Gasteiger partial charge in [-0.3, -0.25) is 14.8 Å². The minimum Gasteiger partial charge on any atom is -0.342 e. The van der Waals surface area contributed by atoms with Gasteiger partial charge in [0.15, 0.2) is 0 Å². The Bertz CT molecular complexity index is 694. The molecule has 0 aliphatic carbocycles. The number of nitrogens with zero attached hydrogens (tertiary/aromatic N) is 5. The van der Waals surface area contributed by atoms with Gasteiger partial charge in [-0.25, -0.2) is 4.98 Å². The van der Waals surface area contributed by atoms with Gasteiger partial charge in [-0.15, -0.1) is 0 Å². The van der Waals surface area contributed by atoms with Gasteiger partial charge >= 0.3 is 0 Å². The van der Waals surface area contributed by atoms with Gasteiger partial charge in [-0.1, -0.05) is 0 Å². The van der Waals surface area contributed by atoms with Crippen molar-refractivity contribution in [3.8, 4) is 11.4 Å². The fourth-order valence-corrected chi connectivity index (χ4v) is 3.05. The summed E-state index contributed by atoms with van der Waals surface area (Å²) in [4.78, 5) is 27.0. The molecule has 2 aromatic heterocycles. The van der Waals surface area contributed by atoms with E-state index in [0.29, 0.717) is 0 Å². The summed E-state index contributed by atoms with van der Waals surface area (Å²) >= 11 is 0. The highest BCUT2D eigenvalue weighted by Crippen LogP contribution is 2.31. The maximum Gasteiger partial charge on any atom is 0.219 e. The summed E-state index contributed by atoms with van der Waals surface area (Å²) in [6.07, 6.45) is 7.33. The van der Waals surface area contributed by atoms with E-state index in [1.807, 2.05) is 29.6 Å². The molecule has 1 amide bonds. The summed E-state index contributed by atoms with van der Waals surface area (Å²) in [6, 6.07) is 0. The molecule has 2 aromatic rings. The Hall–Kier alpha value is -2.24. The van der Waals surface area contributed by atoms with Crippen molar-refractivity contribution in [2.24, 2.45) is 7.05 Å². The Morgan fingerprint density at radius 1 is 1.27 bits per heavy atom. The van der Waals surface area contributed by atoms with Crippen molar-refractivity contribution in [3.05, 3.63) is 30.1 Å². The number of carbonyl (C=O) groups excluding carboxylic acids is 1. The van der Waals surface area contributed by atoms with Crippen molar-refractivity contribution < 1.29 is 4.79 Å². The molecule has 1 saturated heterocycles. The number of aryl methyl sites for hydroxylation is 1. The Balaban J connectivity index is 1.98. The quantitative estimate of drug-likeness (QED) is 0.850. The monoisotopic (exact) mass is 299 g/mol. The summed E-state index contributed by atoms with van der Waals surface area (Å²) in [5.74, 6) is 1.31. The molecule has 0 bridgehead atoms. The lowest BCUT2D eigenvalue weighted by Gasteiger charge is -2.32. The molecule has 1 aliphatic heterocycles. The topological polar surface area (TPSA) is 63.9 Å². The molecule has 0 aromatic carbocycles. The second kappa shape index (κ2) is 5.87. The van der Waals surface area contributed by atoms with Crippen LogP contribution in [0.3, 0.4) is 0 Å². The van der Waals surface area contributed by atoms with Gasteiger partial charge in [0.05, 0.1) is 17.6 Å². The van der Waals surface area contributed by atoms with E-state index in [1.54, 1.807) is 19.3 Å². The zero-order valence-electron chi connectivity index (χ0n) is 13.3. The summed E-state index contributed by atoms with van der Waals surface area (Å²) in [7, 11) is 1.98. The van der Waals surface area contributed by atoms with Crippen molar-refractivity contribution in [1.29, 1.82) is 0 Å². The molecule has 3 rings (SSSR count). The first-order chi connectivity index (χ1) is 10.6. The fourth-order valence-electron chi connectivity index (χ4n) is 3.05. The third-order valence-electron chi connectivity index (χ3n) is 4.44. The number of hydrogen-bond acceptors (Lipinski definition) is 4. The molecular weight excluding hydrogens is 278 g/mol. The van der Waals surface area contributed by atoms with Crippen LogP contribution in [0.1, 0.15) is 37.2 Å². The number of hydrogen-bond donors (Lipinski definition) is 0. The summed E-state index contributed by atoms with van der Waals surface area (Å²) in [5.41, 5.74) is 2.82. The third-order valence-corrected chi connectivity index (χ3v) is 4.44. The van der Waals surface area contributed by atoms with Crippen LogP contribution in [0.15, 0.2) is 18.6 Å². The van der Waals surface area contributed by atoms with Crippen LogP contribution in [0.2, 0.25) is 0 Å². The molecule has 116 valence electrons. The first kappa shape index (κ1) is 14.7. The number of piperidine rings is 1. The van der Waals surface area contributed by atoms with Crippen molar-refractivity contribution in [1.82, 2.24) is 24.4 Å². The smallest absolute Gasteiger partial charge is 0.219 e. The second-order valence-electron chi connectivity index (χ2n) is 5.84. The van der Waals surface area contributed by atoms with Crippen LogP contribution in [-0.2, 0) is 11.8 Å². The van der Waals surface area contributed by atoms with Crippen LogP contribution in [0, 0.1) is 6.92 Å². The van der Waals surface area contributed by atoms with Crippen LogP contribution in [0.5, 0.6) is 0 Å². The molecule has 6 nitrogen and oxygen atoms in total. The van der Waals surface area contributed by atoms with E-state index in [0.717, 1.165) is 48.8 Å². The van der Waals surface area contributed by atoms with Crippen LogP contribution in [0.25, 0.3) is 11.4 Å². The van der Waals surface area contributed by atoms with Crippen LogP contribution in [0.4, 0.5) is 0 Å². The van der Waals surface area contributed by atoms with Crippen molar-refractivity contribution >= 4 is 5.91 Å². The number of rotatable bonds is 2. The van der Waals surface area contributed by atoms with E-state index < -0.39 is 0 Å². The molecule has 3 heterocycles. The summed E-state index contributed by atoms with van der Waals surface area (Å²) in [6.45, 7) is 5.16. The number of aromatic nitrogens is 4. The number of carbonyl (C=O) groups is 1. The second-order valence-corrected chi connectivity index (χ2v) is 5.84. The molecule has 1 fully saturated rings. The number of amides is 1. The van der Waals surface area contributed by atoms with Gasteiger partial charge in [-0.2, -0.15) is 0 Å². The molecule has 1 atom stereocenters. The average Bonchev–Trinajstić information content (AvgIpc) is 2.87. The fraction of sp³-hybridized carbons (Fsp3) is 0.500. The minimum atomic E-state index is 0.131. The summed E-state index contributed by atoms with van der Waals surface area (Å²) < 4.78 is 2.03. The predicted octanol–water partition coefficient (Wildman–Crippen LogP) is 1.91. The molecule has 0 radical (unpaired) electrons. The molecule has 22 heavy (non-hydrogen) atoms. The van der Waals surface area contributed by atoms with Gasteiger partial charge < -0.3 is 9.47 Å². The Morgan fingerprint density at radius 2 is 2.05 bits per heavy atom. The van der Waals surface area contributed by atoms with Gasteiger partial charge in [-0.05, 0) is 19.8 Å². The molecule has 6 heteroatoms. The number of likely N-dealkylation sites (tertiary alicyclic amines) is 1. The van der Waals surface area contributed by atoms with Crippen molar-refractivity contribution in [3.63, 3.8) is 0 Å². The lowest BCUT2D eigenvalue weighted by Crippen LogP contribution is -2.38. The minimum absolute atomic E-state index is 0.131. The van der Waals surface area contributed by atoms with E-state index in [4.69, 9.17) is 0 Å². The first-order valence-corrected chi connectivity index (χ1v) is 7.63. The highest BCUT2D eigenvalue weighted by atomic mass is 16.2. The standard InChI is InChI=1S/C16H21N5O/c1-11-19-9-14(20(11)3)16-15(17-6-7-18-16)13-5-4-8-21(10-13)12(2)22/h6-7,9,13H,4-5,8,10H2,1-3H3. The zero-order valence-corrected chi connectivity index (χ0v) is 13.3. The molecule has 0 N–H and O–H groups in total. The lowest BCUT2D eigenvalue weighted by molar-refractivity contribution is -0.130. The molecule has 0 spiro atoms. The Kier molecular flexibility index (Phi) is 3.92. The van der Waals surface area contributed by atoms with Crippen LogP contribution >= 0.6 is 0 Å². The zero-order chi connectivity index (χ0) is 15.7.